The van der Waals surface area contributed by atoms with Gasteiger partial charge in [0, 0.05) is 18.9 Å². The third kappa shape index (κ3) is 15.0. The third-order valence-electron chi connectivity index (χ3n) is 11.6. The van der Waals surface area contributed by atoms with Crippen LogP contribution in [0.25, 0.3) is 0 Å². The Labute approximate surface area is 382 Å². The van der Waals surface area contributed by atoms with Gasteiger partial charge < -0.3 is 44.7 Å². The van der Waals surface area contributed by atoms with Crippen LogP contribution in [0.2, 0.25) is 0 Å². The van der Waals surface area contributed by atoms with Crippen LogP contribution >= 0.6 is 0 Å². The predicted octanol–water partition coefficient (Wildman–Crippen LogP) is 3.52. The molecule has 3 aromatic rings. The van der Waals surface area contributed by atoms with Gasteiger partial charge in [0.1, 0.15) is 50.0 Å². The molecule has 348 valence electrons. The quantitative estimate of drug-likeness (QED) is 0.0361. The number of benzene rings is 3. The average Bonchev–Trinajstić information content (AvgIpc) is 4.03. The lowest BCUT2D eigenvalue weighted by atomic mass is 9.93. The fraction of sp³-hybridized carbons (Fsp3) is 0.480. The summed E-state index contributed by atoms with van der Waals surface area (Å²) in [4.78, 5) is 81.5. The summed E-state index contributed by atoms with van der Waals surface area (Å²) in [6, 6.07) is 18.4. The van der Waals surface area contributed by atoms with Crippen molar-refractivity contribution in [3.8, 4) is 23.8 Å². The fourth-order valence-electron chi connectivity index (χ4n) is 7.99. The Hall–Kier alpha value is -6.08. The predicted molar refractivity (Wildman–Crippen MR) is 243 cm³/mol. The summed E-state index contributed by atoms with van der Waals surface area (Å²) in [5, 5.41) is 11.5. The van der Waals surface area contributed by atoms with Crippen LogP contribution in [0, 0.1) is 25.2 Å². The van der Waals surface area contributed by atoms with Crippen molar-refractivity contribution in [3.63, 3.8) is 0 Å². The van der Waals surface area contributed by atoms with E-state index in [9.17, 15) is 28.8 Å². The molecule has 2 heterocycles. The van der Waals surface area contributed by atoms with Gasteiger partial charge in [-0.3, -0.25) is 28.8 Å². The van der Waals surface area contributed by atoms with E-state index in [-0.39, 0.29) is 56.0 Å². The summed E-state index contributed by atoms with van der Waals surface area (Å²) in [6.07, 6.45) is 6.68. The first-order valence-corrected chi connectivity index (χ1v) is 22.3. The van der Waals surface area contributed by atoms with E-state index in [1.54, 1.807) is 19.9 Å². The number of carbonyl (C=O) groups excluding carboxylic acids is 6. The van der Waals surface area contributed by atoms with Crippen molar-refractivity contribution in [1.29, 1.82) is 0 Å². The van der Waals surface area contributed by atoms with Gasteiger partial charge in [0.2, 0.25) is 17.7 Å². The molecule has 2 saturated heterocycles. The molecule has 2 aliphatic heterocycles. The number of morpholine rings is 1. The van der Waals surface area contributed by atoms with Gasteiger partial charge in [-0.15, -0.1) is 6.42 Å². The molecule has 0 aliphatic carbocycles. The lowest BCUT2D eigenvalue weighted by Crippen LogP contribution is -2.61. The standard InChI is InChI=1S/C50H63N5O10/c1-8-23-63-43-29-39(27-34(4)45(43)65-36(6)56)30-55(21-24-62-25-22-55)31-44(57)52-40(20-19-37-15-11-9-12-16-37)48(60)51-35(5)47(59)54-42(28-38-17-13-10-14-18-38)49(61)53-41(26-33(2)3)46(58)50(7)32-64-50/h1,9-18,27,29,33,35,40-42H,19-26,28,30-32H2,2-7H3,(H3-,51,52,53,54,57,59,60,61)/p+1/t35-,40-,41-,42-,50+/m0/s1. The molecular weight excluding hydrogens is 831 g/mol. The number of quaternary nitrogens is 1. The zero-order chi connectivity index (χ0) is 47.1. The van der Waals surface area contributed by atoms with Gasteiger partial charge in [0.15, 0.2) is 23.8 Å². The van der Waals surface area contributed by atoms with Gasteiger partial charge in [-0.25, -0.2) is 0 Å². The van der Waals surface area contributed by atoms with Crippen molar-refractivity contribution in [2.24, 2.45) is 5.92 Å². The first-order chi connectivity index (χ1) is 31.0. The van der Waals surface area contributed by atoms with E-state index in [1.165, 1.54) is 13.8 Å². The molecule has 0 bridgehead atoms. The smallest absolute Gasteiger partial charge is 0.308 e. The van der Waals surface area contributed by atoms with Crippen molar-refractivity contribution in [1.82, 2.24) is 21.3 Å². The zero-order valence-corrected chi connectivity index (χ0v) is 38.4. The lowest BCUT2D eigenvalue weighted by Gasteiger charge is -2.41. The molecule has 2 aliphatic rings. The monoisotopic (exact) mass is 894 g/mol. The maximum Gasteiger partial charge on any atom is 0.308 e. The van der Waals surface area contributed by atoms with E-state index < -0.39 is 53.5 Å². The highest BCUT2D eigenvalue weighted by Gasteiger charge is 2.50. The molecule has 0 saturated carbocycles. The second-order valence-electron chi connectivity index (χ2n) is 17.7. The third-order valence-corrected chi connectivity index (χ3v) is 11.6. The van der Waals surface area contributed by atoms with E-state index in [2.05, 4.69) is 27.2 Å². The van der Waals surface area contributed by atoms with Crippen molar-refractivity contribution >= 4 is 35.4 Å². The van der Waals surface area contributed by atoms with E-state index in [0.29, 0.717) is 61.5 Å². The first kappa shape index (κ1) is 49.9. The fourth-order valence-corrected chi connectivity index (χ4v) is 7.99. The van der Waals surface area contributed by atoms with E-state index in [0.717, 1.165) is 16.7 Å². The van der Waals surface area contributed by atoms with Crippen molar-refractivity contribution < 1.29 is 52.2 Å². The number of nitrogens with one attached hydrogen (secondary N) is 4. The van der Waals surface area contributed by atoms with E-state index in [1.807, 2.05) is 80.6 Å². The number of Topliss-reactive ketones (excluding diaryl/α,β-unsaturated/α-hetero) is 1. The van der Waals surface area contributed by atoms with Gasteiger partial charge in [0.25, 0.3) is 5.91 Å². The molecular formula is C50H64N5O10+. The maximum atomic E-state index is 14.2. The Kier molecular flexibility index (Phi) is 17.8. The van der Waals surface area contributed by atoms with Crippen LogP contribution in [0.5, 0.6) is 11.5 Å². The highest BCUT2D eigenvalue weighted by Crippen LogP contribution is 2.34. The molecule has 5 rings (SSSR count). The molecule has 0 radical (unpaired) electrons. The van der Waals surface area contributed by atoms with Crippen LogP contribution in [0.15, 0.2) is 72.8 Å². The molecule has 0 unspecified atom stereocenters. The average molecular weight is 895 g/mol. The second-order valence-corrected chi connectivity index (χ2v) is 17.7. The van der Waals surface area contributed by atoms with Crippen LogP contribution in [0.3, 0.4) is 0 Å². The minimum atomic E-state index is -1.11. The van der Waals surface area contributed by atoms with Gasteiger partial charge >= 0.3 is 5.97 Å². The molecule has 5 atom stereocenters. The number of ether oxygens (including phenoxy) is 4. The van der Waals surface area contributed by atoms with Gasteiger partial charge in [-0.2, -0.15) is 0 Å². The summed E-state index contributed by atoms with van der Waals surface area (Å²) in [5.41, 5.74) is 2.27. The lowest BCUT2D eigenvalue weighted by molar-refractivity contribution is -0.940. The molecule has 0 spiro atoms. The van der Waals surface area contributed by atoms with Crippen LogP contribution in [-0.4, -0.2) is 116 Å². The summed E-state index contributed by atoms with van der Waals surface area (Å²) in [6.45, 7) is 12.7. The number of hydrogen-bond donors (Lipinski definition) is 4. The SMILES string of the molecule is C#CCOc1cc(C[N+]2(CC(=O)N[C@@H](CCc3ccccc3)C(=O)N[C@@H](C)C(=O)N[C@@H](Cc3ccccc3)C(=O)N[C@@H](CC(C)C)C(=O)[C@@]3(C)CO3)CCOCC2)cc(C)c1OC(C)=O. The minimum Gasteiger partial charge on any atom is -0.477 e. The van der Waals surface area contributed by atoms with Gasteiger partial charge in [0.05, 0.1) is 25.9 Å². The van der Waals surface area contributed by atoms with Crippen LogP contribution in [0.4, 0.5) is 0 Å². The first-order valence-electron chi connectivity index (χ1n) is 22.3. The van der Waals surface area contributed by atoms with Crippen LogP contribution in [-0.2, 0) is 57.6 Å². The Morgan fingerprint density at radius 3 is 2.03 bits per heavy atom. The molecule has 4 N–H and O–H groups in total. The maximum absolute atomic E-state index is 14.2. The number of epoxide rings is 1. The number of hydrogen-bond acceptors (Lipinski definition) is 10. The van der Waals surface area contributed by atoms with Crippen molar-refractivity contribution in [3.05, 3.63) is 95.1 Å². The molecule has 0 aromatic heterocycles. The molecule has 3 aromatic carbocycles. The number of terminal acetylenes is 1. The topological polar surface area (TPSA) is 191 Å². The molecule has 15 nitrogen and oxygen atoms in total. The summed E-state index contributed by atoms with van der Waals surface area (Å²) in [5.74, 6) is 0.288. The summed E-state index contributed by atoms with van der Waals surface area (Å²) < 4.78 is 22.7. The summed E-state index contributed by atoms with van der Waals surface area (Å²) in [7, 11) is 0. The second kappa shape index (κ2) is 23.2. The Morgan fingerprint density at radius 2 is 1.43 bits per heavy atom. The molecule has 2 fully saturated rings. The number of ketones is 1. The Bertz CT molecular complexity index is 2180. The highest BCUT2D eigenvalue weighted by atomic mass is 16.6. The summed E-state index contributed by atoms with van der Waals surface area (Å²) >= 11 is 0. The largest absolute Gasteiger partial charge is 0.477 e. The Morgan fingerprint density at radius 1 is 0.815 bits per heavy atom. The molecule has 15 heteroatoms. The number of nitrogens with zero attached hydrogens (tertiary/aromatic N) is 1. The highest BCUT2D eigenvalue weighted by molar-refractivity contribution is 5.98. The van der Waals surface area contributed by atoms with Crippen molar-refractivity contribution in [2.45, 2.75) is 104 Å². The van der Waals surface area contributed by atoms with E-state index >= 15 is 0 Å². The number of rotatable bonds is 23. The minimum absolute atomic E-state index is 0.0155. The van der Waals surface area contributed by atoms with Gasteiger partial charge in [-0.05, 0) is 74.8 Å². The number of esters is 1. The molecule has 65 heavy (non-hydrogen) atoms. The number of aryl methyl sites for hydroxylation is 2. The molecule has 4 amide bonds. The van der Waals surface area contributed by atoms with Crippen molar-refractivity contribution in [2.75, 3.05) is 46.1 Å². The van der Waals surface area contributed by atoms with E-state index in [4.69, 9.17) is 25.4 Å². The Balaban J connectivity index is 1.32. The normalized spacial score (nSPS) is 18.1. The number of carbonyl (C=O) groups is 6. The van der Waals surface area contributed by atoms with Crippen LogP contribution in [0.1, 0.15) is 69.7 Å². The van der Waals surface area contributed by atoms with Crippen LogP contribution < -0.4 is 30.7 Å². The zero-order valence-electron chi connectivity index (χ0n) is 38.4. The number of amides is 4. The van der Waals surface area contributed by atoms with Gasteiger partial charge in [-0.1, -0.05) is 80.4 Å².